The van der Waals surface area contributed by atoms with Gasteiger partial charge in [0.15, 0.2) is 0 Å². The Bertz CT molecular complexity index is 276. The zero-order valence-electron chi connectivity index (χ0n) is 12.7. The first-order chi connectivity index (χ1) is 8.52. The van der Waals surface area contributed by atoms with E-state index in [1.807, 2.05) is 0 Å². The van der Waals surface area contributed by atoms with Gasteiger partial charge in [-0.2, -0.15) is 0 Å². The molecule has 3 atom stereocenters. The summed E-state index contributed by atoms with van der Waals surface area (Å²) >= 11 is 0. The fraction of sp³-hybridized carbons (Fsp3) is 1.00. The van der Waals surface area contributed by atoms with Gasteiger partial charge in [0.1, 0.15) is 0 Å². The maximum absolute atomic E-state index is 5.08. The van der Waals surface area contributed by atoms with E-state index in [9.17, 15) is 0 Å². The lowest BCUT2D eigenvalue weighted by Gasteiger charge is -2.39. The summed E-state index contributed by atoms with van der Waals surface area (Å²) in [6.45, 7) is 9.60. The molecule has 106 valence electrons. The van der Waals surface area contributed by atoms with Gasteiger partial charge in [0.05, 0.1) is 0 Å². The maximum Gasteiger partial charge on any atom is 0.0462 e. The zero-order valence-corrected chi connectivity index (χ0v) is 12.7. The molecule has 2 bridgehead atoms. The predicted octanol–water partition coefficient (Wildman–Crippen LogP) is 3.61. The number of hydrogen-bond acceptors (Lipinski definition) is 2. The lowest BCUT2D eigenvalue weighted by atomic mass is 9.69. The van der Waals surface area contributed by atoms with Crippen molar-refractivity contribution in [1.29, 1.82) is 0 Å². The van der Waals surface area contributed by atoms with Gasteiger partial charge in [-0.3, -0.25) is 0 Å². The van der Waals surface area contributed by atoms with Gasteiger partial charge in [-0.15, -0.1) is 0 Å². The fourth-order valence-corrected chi connectivity index (χ4v) is 4.34. The van der Waals surface area contributed by atoms with Crippen LogP contribution in [0.25, 0.3) is 0 Å². The Hall–Kier alpha value is -0.0800. The van der Waals surface area contributed by atoms with Crippen LogP contribution in [0.5, 0.6) is 0 Å². The number of unbranched alkanes of at least 4 members (excludes halogenated alkanes) is 2. The van der Waals surface area contributed by atoms with Crippen LogP contribution in [0, 0.1) is 16.7 Å². The first-order valence-electron chi connectivity index (χ1n) is 7.74. The van der Waals surface area contributed by atoms with Gasteiger partial charge in [-0.25, -0.2) is 0 Å². The molecule has 0 heterocycles. The quantitative estimate of drug-likeness (QED) is 0.700. The number of fused-ring (bicyclic) bond motifs is 2. The molecule has 2 aliphatic carbocycles. The van der Waals surface area contributed by atoms with E-state index in [0.717, 1.165) is 18.6 Å². The average Bonchev–Trinajstić information content (AvgIpc) is 2.66. The van der Waals surface area contributed by atoms with Gasteiger partial charge < -0.3 is 10.1 Å². The first kappa shape index (κ1) is 14.3. The number of methoxy groups -OCH3 is 1. The zero-order chi connectivity index (χ0) is 13.2. The summed E-state index contributed by atoms with van der Waals surface area (Å²) in [6.07, 6.45) is 8.06. The summed E-state index contributed by atoms with van der Waals surface area (Å²) in [5, 5.41) is 3.85. The molecule has 3 unspecified atom stereocenters. The lowest BCUT2D eigenvalue weighted by Crippen LogP contribution is -2.44. The van der Waals surface area contributed by atoms with Gasteiger partial charge in [0.25, 0.3) is 0 Å². The van der Waals surface area contributed by atoms with Crippen LogP contribution in [0.2, 0.25) is 0 Å². The standard InChI is InChI=1S/C16H31NO/c1-15(2)13-8-9-16(15,3)14(12-13)17-10-6-5-7-11-18-4/h13-14,17H,5-12H2,1-4H3. The Labute approximate surface area is 113 Å². The van der Waals surface area contributed by atoms with Crippen molar-refractivity contribution in [2.24, 2.45) is 16.7 Å². The van der Waals surface area contributed by atoms with E-state index >= 15 is 0 Å². The second-order valence-electron chi connectivity index (χ2n) is 7.17. The fourth-order valence-electron chi connectivity index (χ4n) is 4.34. The molecular weight excluding hydrogens is 222 g/mol. The maximum atomic E-state index is 5.08. The summed E-state index contributed by atoms with van der Waals surface area (Å²) < 4.78 is 5.08. The average molecular weight is 253 g/mol. The summed E-state index contributed by atoms with van der Waals surface area (Å²) in [4.78, 5) is 0. The highest BCUT2D eigenvalue weighted by molar-refractivity contribution is 5.12. The third-order valence-electron chi connectivity index (χ3n) is 6.21. The molecule has 2 aliphatic rings. The lowest BCUT2D eigenvalue weighted by molar-refractivity contribution is 0.121. The second kappa shape index (κ2) is 5.50. The largest absolute Gasteiger partial charge is 0.385 e. The molecule has 0 radical (unpaired) electrons. The monoisotopic (exact) mass is 253 g/mol. The van der Waals surface area contributed by atoms with Gasteiger partial charge in [-0.1, -0.05) is 20.8 Å². The molecule has 2 nitrogen and oxygen atoms in total. The summed E-state index contributed by atoms with van der Waals surface area (Å²) in [5.74, 6) is 0.952. The molecule has 0 aromatic carbocycles. The van der Waals surface area contributed by atoms with Crippen molar-refractivity contribution in [2.75, 3.05) is 20.3 Å². The van der Waals surface area contributed by atoms with E-state index in [1.165, 1.54) is 45.1 Å². The molecule has 2 rings (SSSR count). The Balaban J connectivity index is 1.72. The molecule has 18 heavy (non-hydrogen) atoms. The normalized spacial score (nSPS) is 37.3. The van der Waals surface area contributed by atoms with Crippen molar-refractivity contribution in [2.45, 2.75) is 65.3 Å². The highest BCUT2D eigenvalue weighted by Gasteiger charge is 2.60. The molecular formula is C16H31NO. The van der Waals surface area contributed by atoms with Crippen LogP contribution in [0.3, 0.4) is 0 Å². The van der Waals surface area contributed by atoms with Crippen molar-refractivity contribution < 1.29 is 4.74 Å². The van der Waals surface area contributed by atoms with Gasteiger partial charge in [0.2, 0.25) is 0 Å². The van der Waals surface area contributed by atoms with E-state index in [0.29, 0.717) is 10.8 Å². The van der Waals surface area contributed by atoms with Crippen molar-refractivity contribution in [1.82, 2.24) is 5.32 Å². The van der Waals surface area contributed by atoms with E-state index in [2.05, 4.69) is 26.1 Å². The van der Waals surface area contributed by atoms with Crippen LogP contribution in [0.1, 0.15) is 59.3 Å². The molecule has 0 amide bonds. The number of nitrogens with one attached hydrogen (secondary N) is 1. The minimum absolute atomic E-state index is 0.532. The highest BCUT2D eigenvalue weighted by Crippen LogP contribution is 2.65. The molecule has 2 saturated carbocycles. The second-order valence-corrected chi connectivity index (χ2v) is 7.17. The SMILES string of the molecule is COCCCCCNC1CC2CCC1(C)C2(C)C. The number of hydrogen-bond donors (Lipinski definition) is 1. The molecule has 2 heteroatoms. The van der Waals surface area contributed by atoms with Crippen LogP contribution < -0.4 is 5.32 Å². The Morgan fingerprint density at radius 3 is 2.50 bits per heavy atom. The molecule has 0 spiro atoms. The summed E-state index contributed by atoms with van der Waals surface area (Å²) in [5.41, 5.74) is 1.07. The first-order valence-corrected chi connectivity index (χ1v) is 7.74. The van der Waals surface area contributed by atoms with E-state index in [1.54, 1.807) is 7.11 Å². The highest BCUT2D eigenvalue weighted by atomic mass is 16.5. The van der Waals surface area contributed by atoms with Gasteiger partial charge >= 0.3 is 0 Å². The van der Waals surface area contributed by atoms with Crippen LogP contribution in [-0.4, -0.2) is 26.3 Å². The topological polar surface area (TPSA) is 21.3 Å². The number of rotatable bonds is 7. The van der Waals surface area contributed by atoms with Crippen molar-refractivity contribution in [3.8, 4) is 0 Å². The third kappa shape index (κ3) is 2.34. The Morgan fingerprint density at radius 1 is 1.17 bits per heavy atom. The van der Waals surface area contributed by atoms with Crippen LogP contribution in [0.4, 0.5) is 0 Å². The molecule has 0 aliphatic heterocycles. The summed E-state index contributed by atoms with van der Waals surface area (Å²) in [6, 6.07) is 0.758. The minimum Gasteiger partial charge on any atom is -0.385 e. The predicted molar refractivity (Wildman–Crippen MR) is 76.7 cm³/mol. The smallest absolute Gasteiger partial charge is 0.0462 e. The van der Waals surface area contributed by atoms with E-state index < -0.39 is 0 Å². The van der Waals surface area contributed by atoms with E-state index in [-0.39, 0.29) is 0 Å². The minimum atomic E-state index is 0.532. The van der Waals surface area contributed by atoms with Crippen LogP contribution >= 0.6 is 0 Å². The Morgan fingerprint density at radius 2 is 1.94 bits per heavy atom. The summed E-state index contributed by atoms with van der Waals surface area (Å²) in [7, 11) is 1.79. The van der Waals surface area contributed by atoms with Gasteiger partial charge in [-0.05, 0) is 61.8 Å². The van der Waals surface area contributed by atoms with E-state index in [4.69, 9.17) is 4.74 Å². The van der Waals surface area contributed by atoms with Crippen molar-refractivity contribution >= 4 is 0 Å². The van der Waals surface area contributed by atoms with Crippen LogP contribution in [0.15, 0.2) is 0 Å². The molecule has 0 saturated heterocycles. The molecule has 1 N–H and O–H groups in total. The van der Waals surface area contributed by atoms with Gasteiger partial charge in [0, 0.05) is 19.8 Å². The van der Waals surface area contributed by atoms with Crippen molar-refractivity contribution in [3.05, 3.63) is 0 Å². The Kier molecular flexibility index (Phi) is 4.38. The number of ether oxygens (including phenoxy) is 1. The van der Waals surface area contributed by atoms with Crippen molar-refractivity contribution in [3.63, 3.8) is 0 Å². The molecule has 2 fully saturated rings. The molecule has 0 aromatic heterocycles. The molecule has 0 aromatic rings. The van der Waals surface area contributed by atoms with Crippen LogP contribution in [-0.2, 0) is 4.74 Å². The third-order valence-corrected chi connectivity index (χ3v) is 6.21.